The number of benzene rings is 1. The number of nitrogens with zero attached hydrogens (tertiary/aromatic N) is 3. The first kappa shape index (κ1) is 20.6. The van der Waals surface area contributed by atoms with Gasteiger partial charge < -0.3 is 15.0 Å². The lowest BCUT2D eigenvalue weighted by atomic mass is 9.83. The van der Waals surface area contributed by atoms with Gasteiger partial charge in [0.1, 0.15) is 0 Å². The molecule has 1 aliphatic carbocycles. The third-order valence-electron chi connectivity index (χ3n) is 6.85. The third kappa shape index (κ3) is 3.65. The minimum atomic E-state index is -3.74. The first-order chi connectivity index (χ1) is 15.0. The zero-order valence-electron chi connectivity index (χ0n) is 17.7. The average molecular weight is 441 g/mol. The Labute approximate surface area is 183 Å². The molecule has 1 saturated carbocycles. The molecule has 3 atom stereocenters. The van der Waals surface area contributed by atoms with Gasteiger partial charge in [0.25, 0.3) is 10.0 Å². The van der Waals surface area contributed by atoms with Crippen LogP contribution in [0.2, 0.25) is 0 Å². The molecule has 2 fully saturated rings. The third-order valence-corrected chi connectivity index (χ3v) is 8.62. The maximum Gasteiger partial charge on any atom is 0.262 e. The molecular formula is C23H28N4O3S. The van der Waals surface area contributed by atoms with Crippen molar-refractivity contribution in [2.45, 2.75) is 49.2 Å². The fraction of sp³-hybridized carbons (Fsp3) is 0.522. The van der Waals surface area contributed by atoms with E-state index < -0.39 is 10.0 Å². The smallest absolute Gasteiger partial charge is 0.262 e. The van der Waals surface area contributed by atoms with E-state index >= 15 is 0 Å². The van der Waals surface area contributed by atoms with Crippen LogP contribution >= 0.6 is 0 Å². The standard InChI is InChI=1S/C23H28N4O3S/c1-26-13-22(24-15-26)31(29,30)27-11-10-18-21(14-28)25-20-9-8-17(12-19(20)23(18)27)7-6-16-4-2-3-5-16/h8-9,12-13,15-16,18,21,23,25,28H,2-5,10-11,14H2,1H3/t18-,21+,23-/m0/s1. The molecule has 0 spiro atoms. The maximum atomic E-state index is 13.4. The number of imidazole rings is 1. The minimum absolute atomic E-state index is 0.00553. The van der Waals surface area contributed by atoms with Crippen LogP contribution in [0.5, 0.6) is 0 Å². The van der Waals surface area contributed by atoms with E-state index in [1.54, 1.807) is 15.9 Å². The predicted octanol–water partition coefficient (Wildman–Crippen LogP) is 2.50. The quantitative estimate of drug-likeness (QED) is 0.716. The Morgan fingerprint density at radius 3 is 2.77 bits per heavy atom. The van der Waals surface area contributed by atoms with Gasteiger partial charge in [0.2, 0.25) is 0 Å². The Morgan fingerprint density at radius 2 is 2.06 bits per heavy atom. The number of aliphatic hydroxyl groups is 1. The Bertz CT molecular complexity index is 1140. The normalized spacial score (nSPS) is 26.1. The van der Waals surface area contributed by atoms with Crippen LogP contribution in [0.25, 0.3) is 0 Å². The molecule has 3 aliphatic rings. The second-order valence-electron chi connectivity index (χ2n) is 8.88. The van der Waals surface area contributed by atoms with E-state index in [2.05, 4.69) is 22.1 Å². The van der Waals surface area contributed by atoms with Gasteiger partial charge in [-0.2, -0.15) is 4.31 Å². The van der Waals surface area contributed by atoms with E-state index in [4.69, 9.17) is 0 Å². The van der Waals surface area contributed by atoms with Crippen LogP contribution in [-0.4, -0.2) is 46.6 Å². The Kier molecular flexibility index (Phi) is 5.29. The molecule has 31 heavy (non-hydrogen) atoms. The molecule has 5 rings (SSSR count). The number of aliphatic hydroxyl groups excluding tert-OH is 1. The Morgan fingerprint density at radius 1 is 1.26 bits per heavy atom. The van der Waals surface area contributed by atoms with Crippen LogP contribution < -0.4 is 5.32 Å². The topological polar surface area (TPSA) is 87.5 Å². The maximum absolute atomic E-state index is 13.4. The number of rotatable bonds is 3. The molecule has 3 heterocycles. The lowest BCUT2D eigenvalue weighted by Crippen LogP contribution is -2.42. The van der Waals surface area contributed by atoms with Crippen molar-refractivity contribution in [2.75, 3.05) is 18.5 Å². The highest BCUT2D eigenvalue weighted by Crippen LogP contribution is 2.48. The molecule has 0 radical (unpaired) electrons. The summed E-state index contributed by atoms with van der Waals surface area (Å²) < 4.78 is 30.1. The molecular weight excluding hydrogens is 412 g/mol. The molecule has 1 aromatic heterocycles. The second kappa shape index (κ2) is 7.97. The van der Waals surface area contributed by atoms with Crippen molar-refractivity contribution in [3.05, 3.63) is 41.9 Å². The van der Waals surface area contributed by atoms with Crippen LogP contribution in [0.1, 0.15) is 49.3 Å². The van der Waals surface area contributed by atoms with Crippen LogP contribution in [0.4, 0.5) is 5.69 Å². The van der Waals surface area contributed by atoms with Gasteiger partial charge in [0, 0.05) is 42.9 Å². The molecule has 8 heteroatoms. The minimum Gasteiger partial charge on any atom is -0.394 e. The van der Waals surface area contributed by atoms with Crippen LogP contribution in [0.15, 0.2) is 35.7 Å². The van der Waals surface area contributed by atoms with E-state index in [1.807, 2.05) is 18.2 Å². The number of hydrogen-bond acceptors (Lipinski definition) is 5. The van der Waals surface area contributed by atoms with Crippen molar-refractivity contribution >= 4 is 15.7 Å². The number of fused-ring (bicyclic) bond motifs is 3. The second-order valence-corrected chi connectivity index (χ2v) is 10.7. The van der Waals surface area contributed by atoms with Crippen LogP contribution in [0, 0.1) is 23.7 Å². The van der Waals surface area contributed by atoms with Crippen molar-refractivity contribution in [2.24, 2.45) is 18.9 Å². The summed E-state index contributed by atoms with van der Waals surface area (Å²) in [5, 5.41) is 13.4. The summed E-state index contributed by atoms with van der Waals surface area (Å²) in [4.78, 5) is 4.10. The number of sulfonamides is 1. The van der Waals surface area contributed by atoms with E-state index in [0.717, 1.165) is 16.8 Å². The van der Waals surface area contributed by atoms with E-state index in [0.29, 0.717) is 18.9 Å². The number of nitrogens with one attached hydrogen (secondary N) is 1. The van der Waals surface area contributed by atoms with Gasteiger partial charge in [-0.25, -0.2) is 13.4 Å². The van der Waals surface area contributed by atoms with Crippen LogP contribution in [0.3, 0.4) is 0 Å². The highest BCUT2D eigenvalue weighted by Gasteiger charge is 2.49. The summed E-state index contributed by atoms with van der Waals surface area (Å²) in [6, 6.07) is 5.46. The van der Waals surface area contributed by atoms with Crippen LogP contribution in [-0.2, 0) is 17.1 Å². The molecule has 0 unspecified atom stereocenters. The fourth-order valence-corrected chi connectivity index (χ4v) is 6.90. The lowest BCUT2D eigenvalue weighted by Gasteiger charge is -2.38. The molecule has 7 nitrogen and oxygen atoms in total. The van der Waals surface area contributed by atoms with Crippen molar-refractivity contribution in [1.29, 1.82) is 0 Å². The van der Waals surface area contributed by atoms with Gasteiger partial charge >= 0.3 is 0 Å². The number of aryl methyl sites for hydroxylation is 1. The molecule has 0 amide bonds. The predicted molar refractivity (Wildman–Crippen MR) is 118 cm³/mol. The lowest BCUT2D eigenvalue weighted by molar-refractivity contribution is 0.210. The summed E-state index contributed by atoms with van der Waals surface area (Å²) in [5.41, 5.74) is 2.72. The molecule has 2 aliphatic heterocycles. The van der Waals surface area contributed by atoms with Gasteiger partial charge in [0.15, 0.2) is 5.03 Å². The van der Waals surface area contributed by atoms with E-state index in [1.165, 1.54) is 38.2 Å². The summed E-state index contributed by atoms with van der Waals surface area (Å²) in [6.45, 7) is 0.366. The van der Waals surface area contributed by atoms with E-state index in [-0.39, 0.29) is 29.6 Å². The van der Waals surface area contributed by atoms with Crippen molar-refractivity contribution < 1.29 is 13.5 Å². The zero-order valence-corrected chi connectivity index (χ0v) is 18.5. The number of hydrogen-bond donors (Lipinski definition) is 2. The summed E-state index contributed by atoms with van der Waals surface area (Å²) in [5.74, 6) is 7.18. The molecule has 2 aromatic rings. The van der Waals surface area contributed by atoms with E-state index in [9.17, 15) is 13.5 Å². The van der Waals surface area contributed by atoms with Gasteiger partial charge in [-0.15, -0.1) is 0 Å². The highest BCUT2D eigenvalue weighted by atomic mass is 32.2. The first-order valence-corrected chi connectivity index (χ1v) is 12.4. The molecule has 1 saturated heterocycles. The average Bonchev–Trinajstić information content (AvgIpc) is 3.52. The van der Waals surface area contributed by atoms with Crippen molar-refractivity contribution in [3.63, 3.8) is 0 Å². The highest BCUT2D eigenvalue weighted by molar-refractivity contribution is 7.89. The Hall–Kier alpha value is -2.34. The van der Waals surface area contributed by atoms with Gasteiger partial charge in [0.05, 0.1) is 25.0 Å². The van der Waals surface area contributed by atoms with Crippen molar-refractivity contribution in [3.8, 4) is 11.8 Å². The fourth-order valence-electron chi connectivity index (χ4n) is 5.27. The zero-order chi connectivity index (χ0) is 21.6. The molecule has 1 aromatic carbocycles. The molecule has 164 valence electrons. The monoisotopic (exact) mass is 440 g/mol. The molecule has 2 N–H and O–H groups in total. The summed E-state index contributed by atoms with van der Waals surface area (Å²) in [7, 11) is -1.99. The molecule has 0 bridgehead atoms. The summed E-state index contributed by atoms with van der Waals surface area (Å²) >= 11 is 0. The SMILES string of the molecule is Cn1cnc(S(=O)(=O)N2CC[C@@H]3[C@H]2c2cc(C#CC4CCCC4)ccc2N[C@@H]3CO)c1. The number of aromatic nitrogens is 2. The van der Waals surface area contributed by atoms with Crippen molar-refractivity contribution in [1.82, 2.24) is 13.9 Å². The largest absolute Gasteiger partial charge is 0.394 e. The van der Waals surface area contributed by atoms with Gasteiger partial charge in [-0.3, -0.25) is 0 Å². The number of anilines is 1. The van der Waals surface area contributed by atoms with Gasteiger partial charge in [-0.05, 0) is 43.0 Å². The van der Waals surface area contributed by atoms with Gasteiger partial charge in [-0.1, -0.05) is 24.7 Å². The first-order valence-electron chi connectivity index (χ1n) is 11.0. The summed E-state index contributed by atoms with van der Waals surface area (Å²) in [6.07, 6.45) is 8.56. The Balaban J connectivity index is 1.54.